The molecule has 0 unspecified atom stereocenters. The van der Waals surface area contributed by atoms with Crippen molar-refractivity contribution in [3.63, 3.8) is 0 Å². The van der Waals surface area contributed by atoms with Crippen LogP contribution < -0.4 is 0 Å². The van der Waals surface area contributed by atoms with Gasteiger partial charge in [-0.1, -0.05) is 0 Å². The third-order valence-corrected chi connectivity index (χ3v) is 1.70. The summed E-state index contributed by atoms with van der Waals surface area (Å²) < 4.78 is 17.4. The van der Waals surface area contributed by atoms with E-state index in [0.29, 0.717) is 0 Å². The minimum atomic E-state index is -1.10. The minimum Gasteiger partial charge on any atom is -0.311 e. The molecule has 0 saturated heterocycles. The van der Waals surface area contributed by atoms with Crippen molar-refractivity contribution in [2.24, 2.45) is 0 Å². The van der Waals surface area contributed by atoms with E-state index in [9.17, 15) is 0 Å². The van der Waals surface area contributed by atoms with Gasteiger partial charge in [0, 0.05) is 0 Å². The van der Waals surface area contributed by atoms with Gasteiger partial charge in [0.15, 0.2) is 0 Å². The van der Waals surface area contributed by atoms with Gasteiger partial charge in [-0.2, -0.15) is 0 Å². The van der Waals surface area contributed by atoms with Gasteiger partial charge in [0.2, 0.25) is 0 Å². The third kappa shape index (κ3) is 5.25. The zero-order valence-electron chi connectivity index (χ0n) is 11.9. The maximum absolute atomic E-state index is 5.80. The first kappa shape index (κ1) is 15.8. The van der Waals surface area contributed by atoms with Gasteiger partial charge in [-0.3, -0.25) is 0 Å². The second-order valence-corrected chi connectivity index (χ2v) is 4.92. The molecule has 0 radical (unpaired) electrons. The van der Waals surface area contributed by atoms with Crippen LogP contribution in [0.2, 0.25) is 0 Å². The monoisotopic (exact) mass is 233 g/mol. The lowest BCUT2D eigenvalue weighted by Gasteiger charge is -2.41. The van der Waals surface area contributed by atoms with Gasteiger partial charge in [0.25, 0.3) is 0 Å². The van der Waals surface area contributed by atoms with Crippen LogP contribution in [0.3, 0.4) is 0 Å². The van der Waals surface area contributed by atoms with Crippen LogP contribution in [0.4, 0.5) is 0 Å². The van der Waals surface area contributed by atoms with E-state index in [4.69, 9.17) is 14.2 Å². The molecule has 4 nitrogen and oxygen atoms in total. The Morgan fingerprint density at radius 3 is 1.06 bits per heavy atom. The van der Waals surface area contributed by atoms with E-state index in [1.54, 1.807) is 0 Å². The van der Waals surface area contributed by atoms with Gasteiger partial charge in [0.1, 0.15) is 0 Å². The molecule has 0 aromatic heterocycles. The van der Waals surface area contributed by atoms with Crippen LogP contribution >= 0.6 is 0 Å². The Balaban J connectivity index is 4.88. The molecule has 0 heterocycles. The van der Waals surface area contributed by atoms with Gasteiger partial charge in [-0.05, 0) is 55.6 Å². The minimum absolute atomic E-state index is 0.0277. The van der Waals surface area contributed by atoms with Crippen molar-refractivity contribution in [2.75, 3.05) is 14.1 Å². The van der Waals surface area contributed by atoms with E-state index in [2.05, 4.69) is 0 Å². The van der Waals surface area contributed by atoms with Crippen LogP contribution in [-0.4, -0.2) is 43.4 Å². The molecule has 0 aliphatic heterocycles. The first-order valence-corrected chi connectivity index (χ1v) is 5.90. The topological polar surface area (TPSA) is 30.9 Å². The fraction of sp³-hybridized carbons (Fsp3) is 1.00. The Kier molecular flexibility index (Phi) is 6.48. The molecule has 0 atom stereocenters. The van der Waals surface area contributed by atoms with Crippen LogP contribution in [0.5, 0.6) is 0 Å². The molecule has 0 aliphatic carbocycles. The predicted octanol–water partition coefficient (Wildman–Crippen LogP) is 2.43. The molecule has 0 aromatic carbocycles. The lowest BCUT2D eigenvalue weighted by atomic mass is 10.4. The Morgan fingerprint density at radius 2 is 0.938 bits per heavy atom. The fourth-order valence-electron chi connectivity index (χ4n) is 1.29. The highest BCUT2D eigenvalue weighted by Gasteiger charge is 2.40. The summed E-state index contributed by atoms with van der Waals surface area (Å²) in [5, 5.41) is 0. The van der Waals surface area contributed by atoms with Crippen molar-refractivity contribution in [2.45, 2.75) is 66.0 Å². The summed E-state index contributed by atoms with van der Waals surface area (Å²) in [6.07, 6.45) is -1.02. The second-order valence-electron chi connectivity index (χ2n) is 4.92. The molecule has 0 spiro atoms. The molecule has 0 aliphatic rings. The van der Waals surface area contributed by atoms with Crippen LogP contribution in [0, 0.1) is 0 Å². The van der Waals surface area contributed by atoms with Crippen molar-refractivity contribution in [3.05, 3.63) is 0 Å². The van der Waals surface area contributed by atoms with E-state index in [-0.39, 0.29) is 18.3 Å². The maximum Gasteiger partial charge on any atom is 0.353 e. The molecule has 4 heteroatoms. The van der Waals surface area contributed by atoms with Crippen molar-refractivity contribution in [1.82, 2.24) is 4.90 Å². The molecule has 98 valence electrons. The fourth-order valence-corrected chi connectivity index (χ4v) is 1.29. The van der Waals surface area contributed by atoms with E-state index in [1.165, 1.54) is 0 Å². The van der Waals surface area contributed by atoms with Crippen molar-refractivity contribution >= 4 is 0 Å². The van der Waals surface area contributed by atoms with Gasteiger partial charge >= 0.3 is 6.10 Å². The third-order valence-electron chi connectivity index (χ3n) is 1.70. The average molecular weight is 233 g/mol. The summed E-state index contributed by atoms with van der Waals surface area (Å²) in [6.45, 7) is 11.8. The molecular weight excluding hydrogens is 206 g/mol. The largest absolute Gasteiger partial charge is 0.353 e. The van der Waals surface area contributed by atoms with E-state index >= 15 is 0 Å². The molecule has 0 amide bonds. The summed E-state index contributed by atoms with van der Waals surface area (Å²) in [5.41, 5.74) is 0. The highest BCUT2D eigenvalue weighted by molar-refractivity contribution is 4.60. The molecule has 16 heavy (non-hydrogen) atoms. The lowest BCUT2D eigenvalue weighted by Crippen LogP contribution is -2.55. The number of ether oxygens (including phenoxy) is 3. The smallest absolute Gasteiger partial charge is 0.311 e. The quantitative estimate of drug-likeness (QED) is 0.632. The van der Waals surface area contributed by atoms with Crippen LogP contribution in [0.1, 0.15) is 41.5 Å². The molecule has 0 bridgehead atoms. The van der Waals surface area contributed by atoms with Crippen LogP contribution in [0.25, 0.3) is 0 Å². The standard InChI is InChI=1S/C12H27NO3/c1-9(2)14-12(13(7)8,15-10(3)4)16-11(5)6/h9-11H,1-8H3. The zero-order chi connectivity index (χ0) is 12.9. The van der Waals surface area contributed by atoms with Crippen molar-refractivity contribution < 1.29 is 14.2 Å². The first-order chi connectivity index (χ1) is 7.19. The average Bonchev–Trinajstić information content (AvgIpc) is 1.98. The molecule has 0 saturated carbocycles. The van der Waals surface area contributed by atoms with Crippen LogP contribution in [0.15, 0.2) is 0 Å². The Bertz CT molecular complexity index is 164. The first-order valence-electron chi connectivity index (χ1n) is 5.90. The maximum atomic E-state index is 5.80. The van der Waals surface area contributed by atoms with Gasteiger partial charge in [-0.25, -0.2) is 4.90 Å². The lowest BCUT2D eigenvalue weighted by molar-refractivity contribution is -0.463. The number of hydrogen-bond donors (Lipinski definition) is 0. The SMILES string of the molecule is CC(C)OC(OC(C)C)(OC(C)C)N(C)C. The van der Waals surface area contributed by atoms with E-state index < -0.39 is 6.10 Å². The normalized spacial score (nSPS) is 13.5. The molecule has 0 rings (SSSR count). The number of hydrogen-bond acceptors (Lipinski definition) is 4. The van der Waals surface area contributed by atoms with Gasteiger partial charge < -0.3 is 14.2 Å². The van der Waals surface area contributed by atoms with Gasteiger partial charge in [0.05, 0.1) is 18.3 Å². The summed E-state index contributed by atoms with van der Waals surface area (Å²) in [7, 11) is 3.76. The highest BCUT2D eigenvalue weighted by Crippen LogP contribution is 2.24. The molecule has 0 fully saturated rings. The second kappa shape index (κ2) is 6.55. The van der Waals surface area contributed by atoms with Crippen molar-refractivity contribution in [3.8, 4) is 0 Å². The molecular formula is C12H27NO3. The molecule has 0 aromatic rings. The van der Waals surface area contributed by atoms with Gasteiger partial charge in [-0.15, -0.1) is 0 Å². The number of rotatable bonds is 7. The van der Waals surface area contributed by atoms with E-state index in [1.807, 2.05) is 60.5 Å². The van der Waals surface area contributed by atoms with Crippen LogP contribution in [-0.2, 0) is 14.2 Å². The van der Waals surface area contributed by atoms with E-state index in [0.717, 1.165) is 0 Å². The summed E-state index contributed by atoms with van der Waals surface area (Å²) in [5.74, 6) is 0. The highest BCUT2D eigenvalue weighted by atomic mass is 16.9. The van der Waals surface area contributed by atoms with Crippen molar-refractivity contribution in [1.29, 1.82) is 0 Å². The Morgan fingerprint density at radius 1 is 0.688 bits per heavy atom. The Hall–Kier alpha value is -0.160. The summed E-state index contributed by atoms with van der Waals surface area (Å²) >= 11 is 0. The summed E-state index contributed by atoms with van der Waals surface area (Å²) in [6, 6.07) is 0. The Labute approximate surface area is 99.9 Å². The predicted molar refractivity (Wildman–Crippen MR) is 65.1 cm³/mol. The summed E-state index contributed by atoms with van der Waals surface area (Å²) in [4.78, 5) is 1.81. The zero-order valence-corrected chi connectivity index (χ0v) is 11.9. The number of nitrogens with zero attached hydrogens (tertiary/aromatic N) is 1. The molecule has 0 N–H and O–H groups in total.